The lowest BCUT2D eigenvalue weighted by molar-refractivity contribution is -0.129. The molecule has 0 aliphatic carbocycles. The van der Waals surface area contributed by atoms with E-state index < -0.39 is 0 Å². The first-order valence-electron chi connectivity index (χ1n) is 7.11. The Hall–Kier alpha value is -1.88. The summed E-state index contributed by atoms with van der Waals surface area (Å²) in [6.07, 6.45) is 5.21. The SMILES string of the molecule is CNCC1CCN(C(=O)Cc2c[nH]c3ncccc23)C1. The fraction of sp³-hybridized carbons (Fsp3) is 0.467. The van der Waals surface area contributed by atoms with E-state index >= 15 is 0 Å². The van der Waals surface area contributed by atoms with Crippen molar-refractivity contribution in [3.63, 3.8) is 0 Å². The molecule has 3 rings (SSSR count). The molecule has 1 unspecified atom stereocenters. The summed E-state index contributed by atoms with van der Waals surface area (Å²) in [5, 5.41) is 4.24. The van der Waals surface area contributed by atoms with E-state index in [-0.39, 0.29) is 5.91 Å². The molecule has 0 radical (unpaired) electrons. The number of fused-ring (bicyclic) bond motifs is 1. The van der Waals surface area contributed by atoms with E-state index in [1.165, 1.54) is 0 Å². The lowest BCUT2D eigenvalue weighted by Crippen LogP contribution is -2.31. The summed E-state index contributed by atoms with van der Waals surface area (Å²) in [5.74, 6) is 0.807. The van der Waals surface area contributed by atoms with Crippen molar-refractivity contribution >= 4 is 16.9 Å². The Balaban J connectivity index is 1.67. The van der Waals surface area contributed by atoms with Gasteiger partial charge in [-0.3, -0.25) is 4.79 Å². The number of carbonyl (C=O) groups excluding carboxylic acids is 1. The molecular weight excluding hydrogens is 252 g/mol. The number of rotatable bonds is 4. The van der Waals surface area contributed by atoms with Gasteiger partial charge in [0.1, 0.15) is 5.65 Å². The number of aromatic amines is 1. The number of likely N-dealkylation sites (tertiary alicyclic amines) is 1. The second-order valence-corrected chi connectivity index (χ2v) is 5.44. The summed E-state index contributed by atoms with van der Waals surface area (Å²) in [5.41, 5.74) is 1.89. The molecule has 0 aromatic carbocycles. The van der Waals surface area contributed by atoms with Gasteiger partial charge in [-0.1, -0.05) is 0 Å². The van der Waals surface area contributed by atoms with Crippen LogP contribution < -0.4 is 5.32 Å². The maximum atomic E-state index is 12.4. The molecule has 2 aromatic heterocycles. The first-order valence-corrected chi connectivity index (χ1v) is 7.11. The second kappa shape index (κ2) is 5.63. The summed E-state index contributed by atoms with van der Waals surface area (Å²) in [7, 11) is 1.96. The van der Waals surface area contributed by atoms with E-state index in [2.05, 4.69) is 15.3 Å². The normalized spacial score (nSPS) is 18.9. The first kappa shape index (κ1) is 13.1. The number of amides is 1. The predicted octanol–water partition coefficient (Wildman–Crippen LogP) is 1.17. The first-order chi connectivity index (χ1) is 9.78. The Labute approximate surface area is 118 Å². The molecule has 2 aromatic rings. The van der Waals surface area contributed by atoms with E-state index in [4.69, 9.17) is 0 Å². The topological polar surface area (TPSA) is 61.0 Å². The van der Waals surface area contributed by atoms with Gasteiger partial charge >= 0.3 is 0 Å². The van der Waals surface area contributed by atoms with Crippen LogP contribution in [-0.4, -0.2) is 47.5 Å². The molecule has 106 valence electrons. The van der Waals surface area contributed by atoms with Crippen molar-refractivity contribution in [2.75, 3.05) is 26.7 Å². The highest BCUT2D eigenvalue weighted by atomic mass is 16.2. The van der Waals surface area contributed by atoms with Gasteiger partial charge in [-0.25, -0.2) is 4.98 Å². The number of nitrogens with one attached hydrogen (secondary N) is 2. The van der Waals surface area contributed by atoms with Gasteiger partial charge in [0.2, 0.25) is 5.91 Å². The number of aromatic nitrogens is 2. The molecule has 5 heteroatoms. The van der Waals surface area contributed by atoms with Crippen molar-refractivity contribution in [2.24, 2.45) is 5.92 Å². The van der Waals surface area contributed by atoms with Gasteiger partial charge in [0.05, 0.1) is 6.42 Å². The van der Waals surface area contributed by atoms with Crippen LogP contribution in [0.3, 0.4) is 0 Å². The zero-order chi connectivity index (χ0) is 13.9. The van der Waals surface area contributed by atoms with Crippen molar-refractivity contribution in [3.8, 4) is 0 Å². The van der Waals surface area contributed by atoms with Crippen LogP contribution >= 0.6 is 0 Å². The molecule has 3 heterocycles. The summed E-state index contributed by atoms with van der Waals surface area (Å²) in [6.45, 7) is 2.74. The molecule has 1 saturated heterocycles. The maximum Gasteiger partial charge on any atom is 0.227 e. The minimum atomic E-state index is 0.216. The monoisotopic (exact) mass is 272 g/mol. The molecule has 5 nitrogen and oxygen atoms in total. The Morgan fingerprint density at radius 2 is 2.50 bits per heavy atom. The van der Waals surface area contributed by atoms with Crippen LogP contribution in [0, 0.1) is 5.92 Å². The average Bonchev–Trinajstić information content (AvgIpc) is 3.07. The van der Waals surface area contributed by atoms with E-state index in [9.17, 15) is 4.79 Å². The summed E-state index contributed by atoms with van der Waals surface area (Å²) < 4.78 is 0. The fourth-order valence-corrected chi connectivity index (χ4v) is 2.95. The van der Waals surface area contributed by atoms with Crippen molar-refractivity contribution in [1.82, 2.24) is 20.2 Å². The number of hydrogen-bond donors (Lipinski definition) is 2. The van der Waals surface area contributed by atoms with Crippen LogP contribution in [0.5, 0.6) is 0 Å². The summed E-state index contributed by atoms with van der Waals surface area (Å²) >= 11 is 0. The number of H-pyrrole nitrogens is 1. The largest absolute Gasteiger partial charge is 0.346 e. The fourth-order valence-electron chi connectivity index (χ4n) is 2.95. The van der Waals surface area contributed by atoms with E-state index in [1.54, 1.807) is 6.20 Å². The highest BCUT2D eigenvalue weighted by Crippen LogP contribution is 2.20. The molecular formula is C15H20N4O. The van der Waals surface area contributed by atoms with Gasteiger partial charge in [0, 0.05) is 30.9 Å². The van der Waals surface area contributed by atoms with Crippen molar-refractivity contribution in [1.29, 1.82) is 0 Å². The van der Waals surface area contributed by atoms with Gasteiger partial charge in [0.25, 0.3) is 0 Å². The second-order valence-electron chi connectivity index (χ2n) is 5.44. The molecule has 2 N–H and O–H groups in total. The van der Waals surface area contributed by atoms with E-state index in [0.717, 1.165) is 42.7 Å². The van der Waals surface area contributed by atoms with Crippen LogP contribution in [0.15, 0.2) is 24.5 Å². The smallest absolute Gasteiger partial charge is 0.227 e. The van der Waals surface area contributed by atoms with Crippen LogP contribution in [0.4, 0.5) is 0 Å². The molecule has 0 bridgehead atoms. The van der Waals surface area contributed by atoms with Crippen molar-refractivity contribution < 1.29 is 4.79 Å². The van der Waals surface area contributed by atoms with Gasteiger partial charge in [-0.05, 0) is 43.6 Å². The highest BCUT2D eigenvalue weighted by Gasteiger charge is 2.26. The van der Waals surface area contributed by atoms with Crippen LogP contribution in [0.2, 0.25) is 0 Å². The zero-order valence-corrected chi connectivity index (χ0v) is 11.7. The molecule has 1 aliphatic rings. The molecule has 1 amide bonds. The van der Waals surface area contributed by atoms with Crippen molar-refractivity contribution in [2.45, 2.75) is 12.8 Å². The minimum absolute atomic E-state index is 0.216. The number of carbonyl (C=O) groups is 1. The van der Waals surface area contributed by atoms with Gasteiger partial charge < -0.3 is 15.2 Å². The summed E-state index contributed by atoms with van der Waals surface area (Å²) in [4.78, 5) is 21.7. The molecule has 1 fully saturated rings. The molecule has 20 heavy (non-hydrogen) atoms. The molecule has 1 atom stereocenters. The average molecular weight is 272 g/mol. The van der Waals surface area contributed by atoms with Crippen molar-refractivity contribution in [3.05, 3.63) is 30.1 Å². The predicted molar refractivity (Wildman–Crippen MR) is 78.4 cm³/mol. The molecule has 0 spiro atoms. The van der Waals surface area contributed by atoms with Crippen LogP contribution in [0.1, 0.15) is 12.0 Å². The molecule has 1 aliphatic heterocycles. The quantitative estimate of drug-likeness (QED) is 0.878. The van der Waals surface area contributed by atoms with Gasteiger partial charge in [0.15, 0.2) is 0 Å². The molecule has 0 saturated carbocycles. The van der Waals surface area contributed by atoms with E-state index in [1.807, 2.05) is 30.3 Å². The Kier molecular flexibility index (Phi) is 3.69. The Morgan fingerprint density at radius 1 is 1.60 bits per heavy atom. The lowest BCUT2D eigenvalue weighted by atomic mass is 10.1. The lowest BCUT2D eigenvalue weighted by Gasteiger charge is -2.16. The van der Waals surface area contributed by atoms with Crippen LogP contribution in [0.25, 0.3) is 11.0 Å². The zero-order valence-electron chi connectivity index (χ0n) is 11.7. The number of nitrogens with zero attached hydrogens (tertiary/aromatic N) is 2. The highest BCUT2D eigenvalue weighted by molar-refractivity contribution is 5.87. The van der Waals surface area contributed by atoms with Gasteiger partial charge in [-0.15, -0.1) is 0 Å². The van der Waals surface area contributed by atoms with Crippen LogP contribution in [-0.2, 0) is 11.2 Å². The standard InChI is InChI=1S/C15H20N4O/c1-16-8-11-4-6-19(10-11)14(20)7-12-9-18-15-13(12)3-2-5-17-15/h2-3,5,9,11,16H,4,6-8,10H2,1H3,(H,17,18). The Bertz CT molecular complexity index is 607. The van der Waals surface area contributed by atoms with Gasteiger partial charge in [-0.2, -0.15) is 0 Å². The Morgan fingerprint density at radius 3 is 3.35 bits per heavy atom. The summed E-state index contributed by atoms with van der Waals surface area (Å²) in [6, 6.07) is 3.91. The third-order valence-corrected chi connectivity index (χ3v) is 4.01. The minimum Gasteiger partial charge on any atom is -0.346 e. The number of pyridine rings is 1. The number of hydrogen-bond acceptors (Lipinski definition) is 3. The maximum absolute atomic E-state index is 12.4. The third kappa shape index (κ3) is 2.54. The third-order valence-electron chi connectivity index (χ3n) is 4.01. The van der Waals surface area contributed by atoms with E-state index in [0.29, 0.717) is 12.3 Å².